The fraction of sp³-hybridized carbons (Fsp3) is 0.612. The molecule has 21 nitrogen and oxygen atoms in total. The van der Waals surface area contributed by atoms with Crippen LogP contribution in [-0.2, 0) is 91.0 Å². The van der Waals surface area contributed by atoms with Gasteiger partial charge in [-0.3, -0.25) is 19.2 Å². The summed E-state index contributed by atoms with van der Waals surface area (Å²) in [5.41, 5.74) is 4.03. The van der Waals surface area contributed by atoms with Gasteiger partial charge in [0.2, 0.25) is 0 Å². The van der Waals surface area contributed by atoms with E-state index in [0.717, 1.165) is 40.5 Å². The minimum absolute atomic E-state index is 0.00902. The van der Waals surface area contributed by atoms with Crippen molar-refractivity contribution in [3.8, 4) is 0 Å². The summed E-state index contributed by atoms with van der Waals surface area (Å²) in [6.45, 7) is 23.1. The largest absolute Gasteiger partial charge is 0.458 e. The van der Waals surface area contributed by atoms with E-state index in [1.807, 2.05) is 122 Å². The minimum atomic E-state index is -1.53. The summed E-state index contributed by atoms with van der Waals surface area (Å²) in [5, 5.41) is 3.01. The van der Waals surface area contributed by atoms with E-state index in [1.165, 1.54) is 44.8 Å². The van der Waals surface area contributed by atoms with Crippen molar-refractivity contribution >= 4 is 58.9 Å². The van der Waals surface area contributed by atoms with Crippen molar-refractivity contribution in [2.24, 2.45) is 23.7 Å². The highest BCUT2D eigenvalue weighted by Gasteiger charge is 2.42. The number of nitrogens with one attached hydrogen (secondary N) is 1. The number of esters is 5. The van der Waals surface area contributed by atoms with Crippen molar-refractivity contribution < 1.29 is 71.5 Å². The van der Waals surface area contributed by atoms with Gasteiger partial charge in [0.15, 0.2) is 24.4 Å². The second kappa shape index (κ2) is 35.2. The summed E-state index contributed by atoms with van der Waals surface area (Å²) < 4.78 is 40.4. The van der Waals surface area contributed by atoms with Crippen LogP contribution in [0.3, 0.4) is 0 Å². The molecule has 8 unspecified atom stereocenters. The molecule has 0 radical (unpaired) electrons. The van der Waals surface area contributed by atoms with Crippen molar-refractivity contribution in [1.29, 1.82) is 0 Å². The Labute approximate surface area is 521 Å². The third kappa shape index (κ3) is 21.9. The van der Waals surface area contributed by atoms with Crippen LogP contribution in [0.4, 0.5) is 11.4 Å². The van der Waals surface area contributed by atoms with E-state index >= 15 is 0 Å². The van der Waals surface area contributed by atoms with Crippen LogP contribution in [-0.4, -0.2) is 192 Å². The maximum absolute atomic E-state index is 15.0. The van der Waals surface area contributed by atoms with E-state index in [-0.39, 0.29) is 62.4 Å². The summed E-state index contributed by atoms with van der Waals surface area (Å²) in [6.07, 6.45) is -5.02. The molecule has 0 spiro atoms. The zero-order valence-electron chi connectivity index (χ0n) is 54.4. The Morgan fingerprint density at radius 3 is 1.19 bits per heavy atom. The number of benzene rings is 3. The Morgan fingerprint density at radius 1 is 0.443 bits per heavy atom. The smallest absolute Gasteiger partial charge is 0.347 e. The van der Waals surface area contributed by atoms with Crippen molar-refractivity contribution in [3.05, 3.63) is 95.6 Å². The van der Waals surface area contributed by atoms with Gasteiger partial charge in [-0.25, -0.2) is 19.2 Å². The van der Waals surface area contributed by atoms with Gasteiger partial charge in [-0.2, -0.15) is 0 Å². The van der Waals surface area contributed by atoms with E-state index in [1.54, 1.807) is 19.2 Å². The van der Waals surface area contributed by atoms with Crippen LogP contribution in [0.5, 0.6) is 0 Å². The number of nitrogens with zero attached hydrogens (tertiary/aromatic N) is 5. The number of hydrogen-bond donors (Lipinski definition) is 1. The van der Waals surface area contributed by atoms with E-state index in [9.17, 15) is 38.4 Å². The summed E-state index contributed by atoms with van der Waals surface area (Å²) >= 11 is 0. The summed E-state index contributed by atoms with van der Waals surface area (Å²) in [6, 6.07) is 19.7. The highest BCUT2D eigenvalue weighted by atomic mass is 16.6. The van der Waals surface area contributed by atoms with E-state index in [2.05, 4.69) is 15.1 Å². The molecule has 8 atom stereocenters. The molecule has 0 aromatic heterocycles. The van der Waals surface area contributed by atoms with Crippen LogP contribution in [0.1, 0.15) is 112 Å². The lowest BCUT2D eigenvalue weighted by molar-refractivity contribution is -0.175. The van der Waals surface area contributed by atoms with E-state index < -0.39 is 96.2 Å². The van der Waals surface area contributed by atoms with Crippen LogP contribution in [0.25, 0.3) is 0 Å². The molecule has 2 aliphatic heterocycles. The molecular weight excluding hydrogens is 1130 g/mol. The standard InChI is InChI=1S/C67H98N6O15/c1-43(2)36-54(68-11)64(78)87-58(40-49-20-24-52(25-21-49)72-28-32-82-33-29-72)61(75)70(13)55(37-44(3)4)65(79)85-47(9)60(74)69(12)57(39-46(7)8)67(81)88-59(41-50-22-26-53(27-23-50)73-30-34-83-35-31-73)62(76)71(14)56(38-45(5)6)66(80)86-48(10)63(77)84-42-51-18-16-15-17-19-51/h15-27,43-48,54-59,68H,28-42H2,1-14H3. The molecule has 2 heterocycles. The normalized spacial score (nSPS) is 16.3. The van der Waals surface area contributed by atoms with E-state index in [4.69, 9.17) is 33.2 Å². The van der Waals surface area contributed by atoms with Gasteiger partial charge in [0.1, 0.15) is 30.8 Å². The zero-order valence-corrected chi connectivity index (χ0v) is 54.4. The van der Waals surface area contributed by atoms with Crippen molar-refractivity contribution in [1.82, 2.24) is 20.0 Å². The fourth-order valence-electron chi connectivity index (χ4n) is 10.6. The second-order valence-corrected chi connectivity index (χ2v) is 24.8. The number of ether oxygens (including phenoxy) is 7. The molecule has 0 saturated carbocycles. The number of anilines is 2. The third-order valence-corrected chi connectivity index (χ3v) is 15.7. The molecule has 0 bridgehead atoms. The number of likely N-dealkylation sites (N-methyl/N-ethyl adjacent to an activating group) is 4. The molecule has 2 fully saturated rings. The molecule has 5 rings (SSSR count). The maximum Gasteiger partial charge on any atom is 0.347 e. The summed E-state index contributed by atoms with van der Waals surface area (Å²) in [5.74, 6) is -6.58. The molecule has 2 saturated heterocycles. The molecule has 1 N–H and O–H groups in total. The Kier molecular flexibility index (Phi) is 28.6. The fourth-order valence-corrected chi connectivity index (χ4v) is 10.6. The van der Waals surface area contributed by atoms with Crippen molar-refractivity contribution in [3.63, 3.8) is 0 Å². The van der Waals surface area contributed by atoms with Gasteiger partial charge >= 0.3 is 29.8 Å². The first-order chi connectivity index (χ1) is 41.8. The van der Waals surface area contributed by atoms with Gasteiger partial charge in [-0.1, -0.05) is 110 Å². The number of rotatable bonds is 32. The van der Waals surface area contributed by atoms with Crippen LogP contribution < -0.4 is 15.1 Å². The number of amides is 3. The maximum atomic E-state index is 15.0. The van der Waals surface area contributed by atoms with Gasteiger partial charge < -0.3 is 63.0 Å². The SMILES string of the molecule is CNC(CC(C)C)C(=O)OC(Cc1ccc(N2CCOCC2)cc1)C(=O)N(C)C(CC(C)C)C(=O)OC(C)C(=O)N(C)C(CC(C)C)C(=O)OC(Cc1ccc(N2CCOCC2)cc1)C(=O)N(C)C(CC(C)C)C(=O)OC(C)C(=O)OCc1ccccc1. The van der Waals surface area contributed by atoms with Crippen LogP contribution in [0, 0.1) is 23.7 Å². The Morgan fingerprint density at radius 2 is 0.807 bits per heavy atom. The number of morpholine rings is 2. The molecule has 0 aliphatic carbocycles. The first kappa shape index (κ1) is 71.7. The highest BCUT2D eigenvalue weighted by molar-refractivity contribution is 5.93. The number of carbonyl (C=O) groups is 8. The third-order valence-electron chi connectivity index (χ3n) is 15.7. The predicted molar refractivity (Wildman–Crippen MR) is 334 cm³/mol. The molecule has 88 heavy (non-hydrogen) atoms. The average molecular weight is 1230 g/mol. The van der Waals surface area contributed by atoms with Crippen LogP contribution in [0.2, 0.25) is 0 Å². The monoisotopic (exact) mass is 1230 g/mol. The summed E-state index contributed by atoms with van der Waals surface area (Å²) in [7, 11) is 5.90. The molecule has 486 valence electrons. The van der Waals surface area contributed by atoms with Gasteiger partial charge in [0, 0.05) is 71.5 Å². The Hall–Kier alpha value is -7.10. The second-order valence-electron chi connectivity index (χ2n) is 24.8. The zero-order chi connectivity index (χ0) is 64.8. The molecule has 21 heteroatoms. The van der Waals surface area contributed by atoms with Gasteiger partial charge in [-0.05, 0) is 111 Å². The molecular formula is C67H98N6O15. The molecule has 2 aliphatic rings. The molecule has 3 aromatic carbocycles. The molecule has 3 aromatic rings. The average Bonchev–Trinajstić information content (AvgIpc) is 2.79. The van der Waals surface area contributed by atoms with Crippen molar-refractivity contribution in [2.45, 2.75) is 163 Å². The lowest BCUT2D eigenvalue weighted by atomic mass is 10.00. The van der Waals surface area contributed by atoms with Crippen LogP contribution >= 0.6 is 0 Å². The van der Waals surface area contributed by atoms with Gasteiger partial charge in [0.25, 0.3) is 17.7 Å². The Balaban J connectivity index is 1.38. The quantitative estimate of drug-likeness (QED) is 0.0499. The summed E-state index contributed by atoms with van der Waals surface area (Å²) in [4.78, 5) is 123. The lowest BCUT2D eigenvalue weighted by Gasteiger charge is -2.34. The van der Waals surface area contributed by atoms with Gasteiger partial charge in [-0.15, -0.1) is 0 Å². The molecule has 3 amide bonds. The highest BCUT2D eigenvalue weighted by Crippen LogP contribution is 2.26. The van der Waals surface area contributed by atoms with E-state index in [0.29, 0.717) is 51.5 Å². The number of hydrogen-bond acceptors (Lipinski definition) is 18. The number of carbonyl (C=O) groups excluding carboxylic acids is 8. The lowest BCUT2D eigenvalue weighted by Crippen LogP contribution is -2.53. The topological polar surface area (TPSA) is 229 Å². The minimum Gasteiger partial charge on any atom is -0.458 e. The van der Waals surface area contributed by atoms with Crippen molar-refractivity contribution in [2.75, 3.05) is 90.6 Å². The first-order valence-electron chi connectivity index (χ1n) is 31.1. The first-order valence-corrected chi connectivity index (χ1v) is 31.1. The van der Waals surface area contributed by atoms with Crippen LogP contribution in [0.15, 0.2) is 78.9 Å². The Bertz CT molecular complexity index is 2710. The predicted octanol–water partition coefficient (Wildman–Crippen LogP) is 6.83. The van der Waals surface area contributed by atoms with Gasteiger partial charge in [0.05, 0.1) is 26.4 Å².